The highest BCUT2D eigenvalue weighted by molar-refractivity contribution is 7.13. The summed E-state index contributed by atoms with van der Waals surface area (Å²) in [6.07, 6.45) is 0.0112. The van der Waals surface area contributed by atoms with Crippen molar-refractivity contribution in [2.24, 2.45) is 0 Å². The minimum atomic E-state index is -0.600. The smallest absolute Gasteiger partial charge is 0.273 e. The molecule has 0 spiro atoms. The van der Waals surface area contributed by atoms with Gasteiger partial charge in [-0.1, -0.05) is 12.1 Å². The average Bonchev–Trinajstić information content (AvgIpc) is 3.22. The monoisotopic (exact) mass is 357 g/mol. The Balaban J connectivity index is 1.55. The van der Waals surface area contributed by atoms with Crippen LogP contribution in [0.2, 0.25) is 0 Å². The average molecular weight is 357 g/mol. The summed E-state index contributed by atoms with van der Waals surface area (Å²) < 4.78 is 5.49. The number of phenolic OH excluding ortho intramolecular Hbond substituents is 1. The number of amides is 2. The Morgan fingerprint density at radius 3 is 2.72 bits per heavy atom. The molecule has 1 aromatic carbocycles. The number of hydrogen-bond acceptors (Lipinski definition) is 6. The summed E-state index contributed by atoms with van der Waals surface area (Å²) in [6.45, 7) is 1.85. The molecule has 7 nitrogen and oxygen atoms in total. The van der Waals surface area contributed by atoms with Gasteiger partial charge in [0.1, 0.15) is 11.5 Å². The number of carbonyl (C=O) groups excluding carboxylic acids is 2. The minimum absolute atomic E-state index is 0.0112. The molecule has 128 valence electrons. The lowest BCUT2D eigenvalue weighted by Gasteiger charge is -2.07. The van der Waals surface area contributed by atoms with Crippen LogP contribution in [0.1, 0.15) is 21.8 Å². The number of rotatable bonds is 4. The van der Waals surface area contributed by atoms with E-state index < -0.39 is 11.8 Å². The Morgan fingerprint density at radius 1 is 1.20 bits per heavy atom. The van der Waals surface area contributed by atoms with Crippen LogP contribution in [0.5, 0.6) is 5.75 Å². The summed E-state index contributed by atoms with van der Waals surface area (Å²) in [5, 5.41) is 12.1. The summed E-state index contributed by atoms with van der Waals surface area (Å²) in [4.78, 5) is 28.2. The molecule has 0 aliphatic carbocycles. The number of nitrogens with one attached hydrogen (secondary N) is 2. The number of carbonyl (C=O) groups is 2. The SMILES string of the molecule is Cc1ccc(-c2nc(CC(=O)NNC(=O)c3ccccc3O)cs2)o1. The maximum absolute atomic E-state index is 11.9. The van der Waals surface area contributed by atoms with E-state index in [1.54, 1.807) is 17.5 Å². The van der Waals surface area contributed by atoms with Gasteiger partial charge < -0.3 is 9.52 Å². The third kappa shape index (κ3) is 4.04. The molecule has 2 amide bonds. The number of aromatic hydroxyl groups is 1. The highest BCUT2D eigenvalue weighted by Gasteiger charge is 2.13. The van der Waals surface area contributed by atoms with Gasteiger partial charge in [0.25, 0.3) is 5.91 Å². The molecule has 25 heavy (non-hydrogen) atoms. The van der Waals surface area contributed by atoms with E-state index >= 15 is 0 Å². The van der Waals surface area contributed by atoms with Crippen molar-refractivity contribution in [2.45, 2.75) is 13.3 Å². The van der Waals surface area contributed by atoms with Crippen LogP contribution < -0.4 is 10.9 Å². The molecular weight excluding hydrogens is 342 g/mol. The lowest BCUT2D eigenvalue weighted by Crippen LogP contribution is -2.42. The molecular formula is C17H15N3O4S. The topological polar surface area (TPSA) is 104 Å². The number of phenols is 1. The number of benzene rings is 1. The van der Waals surface area contributed by atoms with Crippen molar-refractivity contribution in [2.75, 3.05) is 0 Å². The van der Waals surface area contributed by atoms with Crippen LogP contribution in [0.25, 0.3) is 10.8 Å². The van der Waals surface area contributed by atoms with Crippen molar-refractivity contribution in [3.05, 3.63) is 58.8 Å². The fourth-order valence-corrected chi connectivity index (χ4v) is 2.90. The number of nitrogens with zero attached hydrogens (tertiary/aromatic N) is 1. The van der Waals surface area contributed by atoms with Crippen molar-refractivity contribution in [3.63, 3.8) is 0 Å². The molecule has 8 heteroatoms. The van der Waals surface area contributed by atoms with E-state index in [1.807, 2.05) is 19.1 Å². The molecule has 0 saturated carbocycles. The number of aryl methyl sites for hydroxylation is 1. The van der Waals surface area contributed by atoms with Crippen molar-refractivity contribution in [1.82, 2.24) is 15.8 Å². The lowest BCUT2D eigenvalue weighted by atomic mass is 10.2. The summed E-state index contributed by atoms with van der Waals surface area (Å²) in [6, 6.07) is 9.73. The van der Waals surface area contributed by atoms with Gasteiger partial charge >= 0.3 is 0 Å². The standard InChI is InChI=1S/C17H15N3O4S/c1-10-6-7-14(24-10)17-18-11(9-25-17)8-15(22)19-20-16(23)12-4-2-3-5-13(12)21/h2-7,9,21H,8H2,1H3,(H,19,22)(H,20,23). The first-order chi connectivity index (χ1) is 12.0. The summed E-state index contributed by atoms with van der Waals surface area (Å²) >= 11 is 1.38. The minimum Gasteiger partial charge on any atom is -0.507 e. The van der Waals surface area contributed by atoms with Gasteiger partial charge in [0.15, 0.2) is 10.8 Å². The molecule has 2 aromatic heterocycles. The highest BCUT2D eigenvalue weighted by atomic mass is 32.1. The van der Waals surface area contributed by atoms with E-state index in [0.29, 0.717) is 16.5 Å². The molecule has 0 unspecified atom stereocenters. The Morgan fingerprint density at radius 2 is 2.00 bits per heavy atom. The third-order valence-electron chi connectivity index (χ3n) is 3.31. The maximum atomic E-state index is 11.9. The second-order valence-corrected chi connectivity index (χ2v) is 6.11. The zero-order chi connectivity index (χ0) is 17.8. The fourth-order valence-electron chi connectivity index (χ4n) is 2.12. The Hall–Kier alpha value is -3.13. The number of para-hydroxylation sites is 1. The third-order valence-corrected chi connectivity index (χ3v) is 4.21. The van der Waals surface area contributed by atoms with Gasteiger partial charge in [0.2, 0.25) is 5.91 Å². The fraction of sp³-hybridized carbons (Fsp3) is 0.118. The van der Waals surface area contributed by atoms with Gasteiger partial charge in [0.05, 0.1) is 17.7 Å². The van der Waals surface area contributed by atoms with E-state index in [2.05, 4.69) is 15.8 Å². The Kier molecular flexibility index (Phi) is 4.80. The van der Waals surface area contributed by atoms with Crippen LogP contribution in [0.15, 0.2) is 46.2 Å². The van der Waals surface area contributed by atoms with Crippen molar-refractivity contribution < 1.29 is 19.1 Å². The normalized spacial score (nSPS) is 10.4. The van der Waals surface area contributed by atoms with Gasteiger partial charge in [-0.2, -0.15) is 0 Å². The number of furan rings is 1. The Labute approximate surface area is 147 Å². The number of aromatic nitrogens is 1. The van der Waals surface area contributed by atoms with Crippen molar-refractivity contribution >= 4 is 23.2 Å². The lowest BCUT2D eigenvalue weighted by molar-refractivity contribution is -0.121. The molecule has 0 saturated heterocycles. The summed E-state index contributed by atoms with van der Waals surface area (Å²) in [5.74, 6) is 0.262. The van der Waals surface area contributed by atoms with Gasteiger partial charge in [-0.25, -0.2) is 4.98 Å². The van der Waals surface area contributed by atoms with Gasteiger partial charge in [-0.05, 0) is 31.2 Å². The molecule has 0 bridgehead atoms. The van der Waals surface area contributed by atoms with E-state index in [-0.39, 0.29) is 17.7 Å². The van der Waals surface area contributed by atoms with Gasteiger partial charge in [0, 0.05) is 5.38 Å². The van der Waals surface area contributed by atoms with Crippen LogP contribution in [-0.4, -0.2) is 21.9 Å². The highest BCUT2D eigenvalue weighted by Crippen LogP contribution is 2.25. The van der Waals surface area contributed by atoms with E-state index in [4.69, 9.17) is 4.42 Å². The van der Waals surface area contributed by atoms with E-state index in [1.165, 1.54) is 23.5 Å². The largest absolute Gasteiger partial charge is 0.507 e. The van der Waals surface area contributed by atoms with Gasteiger partial charge in [-0.15, -0.1) is 11.3 Å². The first-order valence-electron chi connectivity index (χ1n) is 7.41. The zero-order valence-electron chi connectivity index (χ0n) is 13.3. The number of hydrogen-bond donors (Lipinski definition) is 3. The molecule has 0 aliphatic rings. The predicted octanol–water partition coefficient (Wildman–Crippen LogP) is 2.42. The quantitative estimate of drug-likeness (QED) is 0.622. The van der Waals surface area contributed by atoms with Crippen LogP contribution in [0.4, 0.5) is 0 Å². The van der Waals surface area contributed by atoms with Crippen LogP contribution in [0.3, 0.4) is 0 Å². The summed E-state index contributed by atoms with van der Waals surface area (Å²) in [5.41, 5.74) is 5.21. The predicted molar refractivity (Wildman–Crippen MR) is 92.0 cm³/mol. The van der Waals surface area contributed by atoms with Crippen molar-refractivity contribution in [3.8, 4) is 16.5 Å². The molecule has 2 heterocycles. The van der Waals surface area contributed by atoms with Crippen molar-refractivity contribution in [1.29, 1.82) is 0 Å². The second kappa shape index (κ2) is 7.18. The van der Waals surface area contributed by atoms with E-state index in [0.717, 1.165) is 5.76 Å². The molecule has 0 aliphatic heterocycles. The first kappa shape index (κ1) is 16.7. The number of hydrazine groups is 1. The molecule has 3 aromatic rings. The molecule has 0 atom stereocenters. The molecule has 0 fully saturated rings. The Bertz CT molecular complexity index is 916. The maximum Gasteiger partial charge on any atom is 0.273 e. The van der Waals surface area contributed by atoms with Crippen LogP contribution in [0, 0.1) is 6.92 Å². The van der Waals surface area contributed by atoms with E-state index in [9.17, 15) is 14.7 Å². The summed E-state index contributed by atoms with van der Waals surface area (Å²) in [7, 11) is 0. The van der Waals surface area contributed by atoms with Gasteiger partial charge in [-0.3, -0.25) is 20.4 Å². The van der Waals surface area contributed by atoms with Crippen LogP contribution in [-0.2, 0) is 11.2 Å². The first-order valence-corrected chi connectivity index (χ1v) is 8.29. The van der Waals surface area contributed by atoms with Crippen LogP contribution >= 0.6 is 11.3 Å². The molecule has 3 N–H and O–H groups in total. The molecule has 3 rings (SSSR count). The number of thiazole rings is 1. The molecule has 0 radical (unpaired) electrons. The second-order valence-electron chi connectivity index (χ2n) is 5.25. The zero-order valence-corrected chi connectivity index (χ0v) is 14.1.